The minimum absolute atomic E-state index is 1.09. The number of rotatable bonds is 4. The van der Waals surface area contributed by atoms with Crippen LogP contribution >= 0.6 is 0 Å². The van der Waals surface area contributed by atoms with E-state index in [1.165, 1.54) is 0 Å². The maximum absolute atomic E-state index is 3.61. The van der Waals surface area contributed by atoms with E-state index < -0.39 is 0 Å². The minimum atomic E-state index is 1.09. The van der Waals surface area contributed by atoms with Crippen LogP contribution in [0.4, 0.5) is 0 Å². The lowest BCUT2D eigenvalue weighted by Crippen LogP contribution is -1.67. The second kappa shape index (κ2) is 6.48. The molecule has 0 atom stereocenters. The van der Waals surface area contributed by atoms with Gasteiger partial charge in [0.1, 0.15) is 0 Å². The molecule has 8 heavy (non-hydrogen) atoms. The summed E-state index contributed by atoms with van der Waals surface area (Å²) in [5, 5.41) is 0. The summed E-state index contributed by atoms with van der Waals surface area (Å²) in [5.74, 6) is 0. The van der Waals surface area contributed by atoms with Crippen molar-refractivity contribution in [2.45, 2.75) is 19.8 Å². The molecule has 0 rings (SSSR count). The van der Waals surface area contributed by atoms with Crippen molar-refractivity contribution >= 4 is 0 Å². The van der Waals surface area contributed by atoms with Gasteiger partial charge in [-0.15, -0.1) is 6.58 Å². The van der Waals surface area contributed by atoms with Gasteiger partial charge in [0.15, 0.2) is 0 Å². The molecule has 0 heteroatoms. The summed E-state index contributed by atoms with van der Waals surface area (Å²) >= 11 is 0. The second-order valence-corrected chi connectivity index (χ2v) is 1.63. The van der Waals surface area contributed by atoms with E-state index in [1.54, 1.807) is 0 Å². The molecule has 0 aliphatic carbocycles. The molecule has 0 unspecified atom stereocenters. The summed E-state index contributed by atoms with van der Waals surface area (Å²) in [6.45, 7) is 5.63. The largest absolute Gasteiger partial charge is 0.103 e. The van der Waals surface area contributed by atoms with Crippen molar-refractivity contribution in [1.82, 2.24) is 0 Å². The Hall–Kier alpha value is -0.520. The van der Waals surface area contributed by atoms with E-state index >= 15 is 0 Å². The predicted octanol–water partition coefficient (Wildman–Crippen LogP) is 2.73. The molecule has 0 saturated heterocycles. The lowest BCUT2D eigenvalue weighted by Gasteiger charge is -1.85. The SMILES string of the molecule is C=CCC[CH]/C=C\C. The molecule has 0 amide bonds. The Morgan fingerprint density at radius 2 is 2.12 bits per heavy atom. The topological polar surface area (TPSA) is 0 Å². The summed E-state index contributed by atoms with van der Waals surface area (Å²) in [6, 6.07) is 0. The lowest BCUT2D eigenvalue weighted by molar-refractivity contribution is 1.01. The monoisotopic (exact) mass is 109 g/mol. The van der Waals surface area contributed by atoms with Crippen LogP contribution in [-0.2, 0) is 0 Å². The number of hydrogen-bond acceptors (Lipinski definition) is 0. The van der Waals surface area contributed by atoms with Gasteiger partial charge in [-0.3, -0.25) is 0 Å². The van der Waals surface area contributed by atoms with E-state index in [9.17, 15) is 0 Å². The van der Waals surface area contributed by atoms with E-state index in [2.05, 4.69) is 19.1 Å². The second-order valence-electron chi connectivity index (χ2n) is 1.63. The van der Waals surface area contributed by atoms with Crippen molar-refractivity contribution in [3.8, 4) is 0 Å². The summed E-state index contributed by atoms with van der Waals surface area (Å²) < 4.78 is 0. The normalized spacial score (nSPS) is 10.1. The standard InChI is InChI=1S/C8H13/c1-3-5-7-8-6-4-2/h3-4,6,8H,1,5,7H2,2H3/b6-4-. The third-order valence-electron chi connectivity index (χ3n) is 0.866. The highest BCUT2D eigenvalue weighted by Crippen LogP contribution is 1.94. The Balaban J connectivity index is 2.82. The van der Waals surface area contributed by atoms with Crippen LogP contribution in [0, 0.1) is 6.42 Å². The van der Waals surface area contributed by atoms with Crippen LogP contribution in [0.1, 0.15) is 19.8 Å². The molecule has 0 fully saturated rings. The van der Waals surface area contributed by atoms with E-state index in [0.29, 0.717) is 0 Å². The first-order valence-corrected chi connectivity index (χ1v) is 2.97. The van der Waals surface area contributed by atoms with E-state index in [0.717, 1.165) is 12.8 Å². The van der Waals surface area contributed by atoms with Crippen molar-refractivity contribution in [2.75, 3.05) is 0 Å². The van der Waals surface area contributed by atoms with E-state index in [1.807, 2.05) is 19.1 Å². The molecule has 0 bridgehead atoms. The average molecular weight is 109 g/mol. The highest BCUT2D eigenvalue weighted by Gasteiger charge is 1.76. The molecule has 45 valence electrons. The van der Waals surface area contributed by atoms with Crippen LogP contribution in [0.5, 0.6) is 0 Å². The smallest absolute Gasteiger partial charge is 0.0168 e. The average Bonchev–Trinajstić information content (AvgIpc) is 1.81. The summed E-state index contributed by atoms with van der Waals surface area (Å²) in [7, 11) is 0. The number of allylic oxidation sites excluding steroid dienone is 3. The van der Waals surface area contributed by atoms with Crippen LogP contribution in [0.3, 0.4) is 0 Å². The first-order valence-electron chi connectivity index (χ1n) is 2.97. The molecule has 0 heterocycles. The quantitative estimate of drug-likeness (QED) is 0.384. The zero-order valence-electron chi connectivity index (χ0n) is 5.43. The Morgan fingerprint density at radius 3 is 2.62 bits per heavy atom. The van der Waals surface area contributed by atoms with Gasteiger partial charge < -0.3 is 0 Å². The third-order valence-corrected chi connectivity index (χ3v) is 0.866. The van der Waals surface area contributed by atoms with Gasteiger partial charge in [-0.1, -0.05) is 18.2 Å². The highest BCUT2D eigenvalue weighted by atomic mass is 13.8. The molecule has 0 N–H and O–H groups in total. The predicted molar refractivity (Wildman–Crippen MR) is 38.5 cm³/mol. The highest BCUT2D eigenvalue weighted by molar-refractivity contribution is 4.93. The first kappa shape index (κ1) is 7.48. The Kier molecular flexibility index (Phi) is 6.06. The Bertz CT molecular complexity index is 70.1. The van der Waals surface area contributed by atoms with Gasteiger partial charge in [-0.05, 0) is 26.2 Å². The fourth-order valence-corrected chi connectivity index (χ4v) is 0.446. The zero-order chi connectivity index (χ0) is 6.24. The van der Waals surface area contributed by atoms with E-state index in [4.69, 9.17) is 0 Å². The molecule has 0 nitrogen and oxygen atoms in total. The van der Waals surface area contributed by atoms with Crippen LogP contribution in [-0.4, -0.2) is 0 Å². The molecule has 0 aliphatic rings. The zero-order valence-corrected chi connectivity index (χ0v) is 5.43. The Morgan fingerprint density at radius 1 is 1.38 bits per heavy atom. The molecule has 0 aromatic carbocycles. The molecule has 0 aromatic heterocycles. The molecule has 1 radical (unpaired) electrons. The molecule has 0 aromatic rings. The minimum Gasteiger partial charge on any atom is -0.103 e. The first-order chi connectivity index (χ1) is 3.91. The fraction of sp³-hybridized carbons (Fsp3) is 0.375. The van der Waals surface area contributed by atoms with Gasteiger partial charge in [-0.25, -0.2) is 0 Å². The molecule has 0 saturated carbocycles. The van der Waals surface area contributed by atoms with Crippen LogP contribution in [0.25, 0.3) is 0 Å². The van der Waals surface area contributed by atoms with Crippen LogP contribution in [0.2, 0.25) is 0 Å². The summed E-state index contributed by atoms with van der Waals surface area (Å²) in [5.41, 5.74) is 0. The van der Waals surface area contributed by atoms with Crippen molar-refractivity contribution in [1.29, 1.82) is 0 Å². The molecule has 0 aliphatic heterocycles. The number of hydrogen-bond donors (Lipinski definition) is 0. The molecular formula is C8H13. The summed E-state index contributed by atoms with van der Waals surface area (Å²) in [4.78, 5) is 0. The van der Waals surface area contributed by atoms with Crippen molar-refractivity contribution in [3.63, 3.8) is 0 Å². The van der Waals surface area contributed by atoms with Crippen molar-refractivity contribution < 1.29 is 0 Å². The van der Waals surface area contributed by atoms with Gasteiger partial charge in [0, 0.05) is 0 Å². The van der Waals surface area contributed by atoms with Crippen molar-refractivity contribution in [2.24, 2.45) is 0 Å². The third kappa shape index (κ3) is 5.48. The fourth-order valence-electron chi connectivity index (χ4n) is 0.446. The lowest BCUT2D eigenvalue weighted by atomic mass is 10.2. The number of unbranched alkanes of at least 4 members (excludes halogenated alkanes) is 2. The molecular weight excluding hydrogens is 96.1 g/mol. The van der Waals surface area contributed by atoms with Gasteiger partial charge >= 0.3 is 0 Å². The molecule has 0 spiro atoms. The van der Waals surface area contributed by atoms with E-state index in [-0.39, 0.29) is 0 Å². The van der Waals surface area contributed by atoms with Gasteiger partial charge in [0.25, 0.3) is 0 Å². The van der Waals surface area contributed by atoms with Gasteiger partial charge in [-0.2, -0.15) is 0 Å². The van der Waals surface area contributed by atoms with Crippen molar-refractivity contribution in [3.05, 3.63) is 31.2 Å². The maximum atomic E-state index is 3.61. The summed E-state index contributed by atoms with van der Waals surface area (Å²) in [6.07, 6.45) is 10.4. The van der Waals surface area contributed by atoms with Crippen LogP contribution < -0.4 is 0 Å². The van der Waals surface area contributed by atoms with Crippen LogP contribution in [0.15, 0.2) is 24.8 Å². The van der Waals surface area contributed by atoms with Gasteiger partial charge in [0.05, 0.1) is 0 Å². The Labute approximate surface area is 51.9 Å². The maximum Gasteiger partial charge on any atom is -0.0168 e. The van der Waals surface area contributed by atoms with Gasteiger partial charge in [0.2, 0.25) is 0 Å².